The second kappa shape index (κ2) is 7.02. The maximum atomic E-state index is 12.8. The van der Waals surface area contributed by atoms with Gasteiger partial charge in [0.2, 0.25) is 5.91 Å². The number of benzene rings is 2. The van der Waals surface area contributed by atoms with Crippen LogP contribution in [0.1, 0.15) is 35.4 Å². The molecular weight excluding hydrogens is 341 g/mol. The summed E-state index contributed by atoms with van der Waals surface area (Å²) in [4.78, 5) is 14.2. The number of alkyl halides is 3. The summed E-state index contributed by atoms with van der Waals surface area (Å²) >= 11 is 0. The largest absolute Gasteiger partial charge is 0.416 e. The summed E-state index contributed by atoms with van der Waals surface area (Å²) in [6.45, 7) is 0. The minimum absolute atomic E-state index is 0.220. The molecule has 1 aliphatic rings. The van der Waals surface area contributed by atoms with E-state index in [-0.39, 0.29) is 17.5 Å². The third-order valence-corrected chi connectivity index (χ3v) is 4.74. The highest BCUT2D eigenvalue weighted by Crippen LogP contribution is 2.39. The molecule has 0 aromatic heterocycles. The molecule has 0 saturated carbocycles. The van der Waals surface area contributed by atoms with Crippen LogP contribution in [0.15, 0.2) is 42.5 Å². The van der Waals surface area contributed by atoms with Gasteiger partial charge in [-0.15, -0.1) is 0 Å². The summed E-state index contributed by atoms with van der Waals surface area (Å²) in [6, 6.07) is 11.7. The molecule has 0 radical (unpaired) electrons. The molecule has 6 heteroatoms. The SMILES string of the molecule is CN(C)c1ccc(CCCC2C(=O)Nc3cc(C(F)(F)F)ccc32)cc1. The number of carbonyl (C=O) groups excluding carboxylic acids is 1. The lowest BCUT2D eigenvalue weighted by Gasteiger charge is -2.13. The predicted octanol–water partition coefficient (Wildman–Crippen LogP) is 4.83. The number of fused-ring (bicyclic) bond motifs is 1. The van der Waals surface area contributed by atoms with E-state index in [9.17, 15) is 18.0 Å². The molecule has 0 saturated heterocycles. The minimum Gasteiger partial charge on any atom is -0.378 e. The number of rotatable bonds is 5. The molecule has 0 fully saturated rings. The van der Waals surface area contributed by atoms with E-state index >= 15 is 0 Å². The van der Waals surface area contributed by atoms with Gasteiger partial charge in [0.1, 0.15) is 0 Å². The number of hydrogen-bond acceptors (Lipinski definition) is 2. The van der Waals surface area contributed by atoms with Gasteiger partial charge in [0.15, 0.2) is 0 Å². The maximum absolute atomic E-state index is 12.8. The zero-order chi connectivity index (χ0) is 18.9. The quantitative estimate of drug-likeness (QED) is 0.826. The molecule has 138 valence electrons. The number of amides is 1. The Labute approximate surface area is 150 Å². The van der Waals surface area contributed by atoms with Gasteiger partial charge >= 0.3 is 6.18 Å². The molecule has 0 aliphatic carbocycles. The number of aryl methyl sites for hydroxylation is 1. The highest BCUT2D eigenvalue weighted by molar-refractivity contribution is 6.02. The fourth-order valence-corrected chi connectivity index (χ4v) is 3.26. The van der Waals surface area contributed by atoms with Crippen molar-refractivity contribution in [3.63, 3.8) is 0 Å². The first kappa shape index (κ1) is 18.3. The molecule has 1 atom stereocenters. The summed E-state index contributed by atoms with van der Waals surface area (Å²) in [7, 11) is 3.96. The van der Waals surface area contributed by atoms with E-state index in [1.165, 1.54) is 11.6 Å². The molecule has 3 nitrogen and oxygen atoms in total. The van der Waals surface area contributed by atoms with Gasteiger partial charge in [-0.05, 0) is 54.7 Å². The second-order valence-electron chi connectivity index (χ2n) is 6.79. The molecule has 26 heavy (non-hydrogen) atoms. The standard InChI is InChI=1S/C20H21F3N2O/c1-25(2)15-9-6-13(7-10-15)4-3-5-17-16-11-8-14(20(21,22)23)12-18(16)24-19(17)26/h6-12,17H,3-5H2,1-2H3,(H,24,26). The molecule has 1 heterocycles. The van der Waals surface area contributed by atoms with Crippen LogP contribution in [-0.4, -0.2) is 20.0 Å². The third kappa shape index (κ3) is 3.84. The monoisotopic (exact) mass is 362 g/mol. The Morgan fingerprint density at radius 2 is 1.77 bits per heavy atom. The lowest BCUT2D eigenvalue weighted by atomic mass is 9.93. The topological polar surface area (TPSA) is 32.3 Å². The van der Waals surface area contributed by atoms with Gasteiger partial charge in [0, 0.05) is 25.5 Å². The van der Waals surface area contributed by atoms with E-state index in [0.29, 0.717) is 12.0 Å². The number of halogens is 3. The zero-order valence-corrected chi connectivity index (χ0v) is 14.7. The summed E-state index contributed by atoms with van der Waals surface area (Å²) in [5.74, 6) is -0.601. The molecule has 1 unspecified atom stereocenters. The van der Waals surface area contributed by atoms with Gasteiger partial charge < -0.3 is 10.2 Å². The maximum Gasteiger partial charge on any atom is 0.416 e. The summed E-state index contributed by atoms with van der Waals surface area (Å²) < 4.78 is 38.4. The smallest absolute Gasteiger partial charge is 0.378 e. The van der Waals surface area contributed by atoms with Crippen LogP contribution in [0.2, 0.25) is 0 Å². The van der Waals surface area contributed by atoms with Crippen molar-refractivity contribution in [2.75, 3.05) is 24.3 Å². The van der Waals surface area contributed by atoms with Gasteiger partial charge in [-0.1, -0.05) is 18.2 Å². The van der Waals surface area contributed by atoms with Crippen LogP contribution in [0.3, 0.4) is 0 Å². The lowest BCUT2D eigenvalue weighted by molar-refractivity contribution is -0.137. The van der Waals surface area contributed by atoms with E-state index in [2.05, 4.69) is 17.4 Å². The Bertz CT molecular complexity index is 798. The van der Waals surface area contributed by atoms with Crippen molar-refractivity contribution >= 4 is 17.3 Å². The first-order valence-corrected chi connectivity index (χ1v) is 8.54. The van der Waals surface area contributed by atoms with Crippen molar-refractivity contribution in [3.8, 4) is 0 Å². The molecule has 3 rings (SSSR count). The molecule has 0 spiro atoms. The molecule has 1 N–H and O–H groups in total. The number of nitrogens with one attached hydrogen (secondary N) is 1. The van der Waals surface area contributed by atoms with Crippen molar-refractivity contribution in [2.45, 2.75) is 31.4 Å². The summed E-state index contributed by atoms with van der Waals surface area (Å²) in [6.07, 6.45) is -2.18. The highest BCUT2D eigenvalue weighted by Gasteiger charge is 2.35. The molecule has 2 aromatic rings. The van der Waals surface area contributed by atoms with Gasteiger partial charge in [0.05, 0.1) is 11.5 Å². The zero-order valence-electron chi connectivity index (χ0n) is 14.7. The van der Waals surface area contributed by atoms with E-state index in [1.807, 2.05) is 31.1 Å². The van der Waals surface area contributed by atoms with Gasteiger partial charge in [-0.25, -0.2) is 0 Å². The predicted molar refractivity (Wildman–Crippen MR) is 96.5 cm³/mol. The van der Waals surface area contributed by atoms with Crippen LogP contribution in [0, 0.1) is 0 Å². The van der Waals surface area contributed by atoms with Crippen LogP contribution in [0.4, 0.5) is 24.5 Å². The van der Waals surface area contributed by atoms with E-state index in [4.69, 9.17) is 0 Å². The fourth-order valence-electron chi connectivity index (χ4n) is 3.26. The Kier molecular flexibility index (Phi) is 4.94. The fraction of sp³-hybridized carbons (Fsp3) is 0.350. The van der Waals surface area contributed by atoms with Crippen molar-refractivity contribution in [1.29, 1.82) is 0 Å². The summed E-state index contributed by atoms with van der Waals surface area (Å²) in [5, 5.41) is 2.58. The highest BCUT2D eigenvalue weighted by atomic mass is 19.4. The molecule has 1 aliphatic heterocycles. The normalized spacial score (nSPS) is 16.3. The summed E-state index contributed by atoms with van der Waals surface area (Å²) in [5.41, 5.74) is 2.51. The minimum atomic E-state index is -4.41. The van der Waals surface area contributed by atoms with E-state index < -0.39 is 11.7 Å². The van der Waals surface area contributed by atoms with Crippen molar-refractivity contribution < 1.29 is 18.0 Å². The lowest BCUT2D eigenvalue weighted by Crippen LogP contribution is -2.12. The van der Waals surface area contributed by atoms with E-state index in [1.54, 1.807) is 0 Å². The average molecular weight is 362 g/mol. The van der Waals surface area contributed by atoms with Crippen LogP contribution in [-0.2, 0) is 17.4 Å². The first-order chi connectivity index (χ1) is 12.3. The Hall–Kier alpha value is -2.50. The van der Waals surface area contributed by atoms with Crippen molar-refractivity contribution in [3.05, 3.63) is 59.2 Å². The molecular formula is C20H21F3N2O. The van der Waals surface area contributed by atoms with Crippen LogP contribution < -0.4 is 10.2 Å². The van der Waals surface area contributed by atoms with Crippen molar-refractivity contribution in [1.82, 2.24) is 0 Å². The van der Waals surface area contributed by atoms with Crippen molar-refractivity contribution in [2.24, 2.45) is 0 Å². The molecule has 0 bridgehead atoms. The first-order valence-electron chi connectivity index (χ1n) is 8.54. The molecule has 1 amide bonds. The van der Waals surface area contributed by atoms with Gasteiger partial charge in [0.25, 0.3) is 0 Å². The molecule has 2 aromatic carbocycles. The third-order valence-electron chi connectivity index (χ3n) is 4.74. The number of nitrogens with zero attached hydrogens (tertiary/aromatic N) is 1. The second-order valence-corrected chi connectivity index (χ2v) is 6.79. The van der Waals surface area contributed by atoms with Gasteiger partial charge in [-0.3, -0.25) is 4.79 Å². The van der Waals surface area contributed by atoms with E-state index in [0.717, 1.165) is 30.7 Å². The van der Waals surface area contributed by atoms with Crippen LogP contribution >= 0.6 is 0 Å². The number of anilines is 2. The van der Waals surface area contributed by atoms with Crippen LogP contribution in [0.5, 0.6) is 0 Å². The average Bonchev–Trinajstić information content (AvgIpc) is 2.89. The number of carbonyl (C=O) groups is 1. The Morgan fingerprint density at radius 3 is 2.38 bits per heavy atom. The Morgan fingerprint density at radius 1 is 1.08 bits per heavy atom. The van der Waals surface area contributed by atoms with Crippen LogP contribution in [0.25, 0.3) is 0 Å². The number of hydrogen-bond donors (Lipinski definition) is 1. The Balaban J connectivity index is 1.64. The van der Waals surface area contributed by atoms with Gasteiger partial charge in [-0.2, -0.15) is 13.2 Å².